The van der Waals surface area contributed by atoms with Gasteiger partial charge in [0.2, 0.25) is 0 Å². The molecule has 6 nitrogen and oxygen atoms in total. The molecule has 7 heteroatoms. The molecule has 0 unspecified atom stereocenters. The molecule has 0 fully saturated rings. The Hall–Kier alpha value is 0.643. The summed E-state index contributed by atoms with van der Waals surface area (Å²) < 4.78 is 32.5. The fraction of sp³-hybridized carbons (Fsp3) is 1.00. The first-order chi connectivity index (χ1) is 9.35. The summed E-state index contributed by atoms with van der Waals surface area (Å²) in [6.45, 7) is 11.2. The third-order valence-corrected chi connectivity index (χ3v) is 6.47. The van der Waals surface area contributed by atoms with Crippen molar-refractivity contribution in [1.29, 1.82) is 0 Å². The molecule has 0 aromatic heterocycles. The van der Waals surface area contributed by atoms with E-state index in [0.717, 1.165) is 0 Å². The number of hydrogen-bond acceptors (Lipinski definition) is 6. The molecule has 0 heterocycles. The van der Waals surface area contributed by atoms with Gasteiger partial charge in [-0.3, -0.25) is 0 Å². The van der Waals surface area contributed by atoms with Crippen LogP contribution in [0.4, 0.5) is 0 Å². The van der Waals surface area contributed by atoms with Gasteiger partial charge in [-0.05, 0) is 0 Å². The summed E-state index contributed by atoms with van der Waals surface area (Å²) >= 11 is -2.76. The minimum absolute atomic E-state index is 0.523. The molecule has 0 aliphatic heterocycles. The van der Waals surface area contributed by atoms with Crippen LogP contribution in [-0.4, -0.2) is 82.5 Å². The van der Waals surface area contributed by atoms with E-state index in [1.807, 2.05) is 20.8 Å². The molecule has 0 spiro atoms. The predicted octanol–water partition coefficient (Wildman–Crippen LogP) is 1.13. The second kappa shape index (κ2) is 16.7. The number of rotatable bonds is 15. The Balaban J connectivity index is 3.66. The third kappa shape index (κ3) is 14.9. The Kier molecular flexibility index (Phi) is 17.3. The van der Waals surface area contributed by atoms with Gasteiger partial charge in [0.1, 0.15) is 0 Å². The van der Waals surface area contributed by atoms with Crippen LogP contribution in [0.3, 0.4) is 0 Å². The molecule has 0 radical (unpaired) electrons. The zero-order valence-corrected chi connectivity index (χ0v) is 15.7. The molecule has 0 aromatic carbocycles. The van der Waals surface area contributed by atoms with E-state index < -0.39 is 23.1 Å². The van der Waals surface area contributed by atoms with Gasteiger partial charge in [-0.25, -0.2) is 0 Å². The van der Waals surface area contributed by atoms with E-state index >= 15 is 0 Å². The second-order valence-corrected chi connectivity index (χ2v) is 8.06. The van der Waals surface area contributed by atoms with Crippen LogP contribution >= 0.6 is 0 Å². The topological polar surface area (TPSA) is 55.4 Å². The monoisotopic (exact) mass is 476 g/mol. The summed E-state index contributed by atoms with van der Waals surface area (Å²) in [6.07, 6.45) is 0. The van der Waals surface area contributed by atoms with Crippen molar-refractivity contribution in [3.8, 4) is 0 Å². The molecular formula is C12H27BiO6. The first kappa shape index (κ1) is 19.6. The van der Waals surface area contributed by atoms with Crippen LogP contribution in [0.5, 0.6) is 0 Å². The van der Waals surface area contributed by atoms with E-state index in [1.165, 1.54) is 0 Å². The second-order valence-electron chi connectivity index (χ2n) is 3.31. The van der Waals surface area contributed by atoms with E-state index in [1.54, 1.807) is 0 Å². The Morgan fingerprint density at radius 2 is 0.842 bits per heavy atom. The zero-order chi connectivity index (χ0) is 14.2. The minimum atomic E-state index is -2.76. The van der Waals surface area contributed by atoms with Crippen LogP contribution in [-0.2, 0) is 22.7 Å². The maximum atomic E-state index is 5.63. The van der Waals surface area contributed by atoms with Crippen molar-refractivity contribution in [3.05, 3.63) is 0 Å². The number of ether oxygens (including phenoxy) is 3. The number of hydrogen-bond donors (Lipinski definition) is 0. The van der Waals surface area contributed by atoms with E-state index in [4.69, 9.17) is 22.7 Å². The van der Waals surface area contributed by atoms with Crippen LogP contribution < -0.4 is 0 Å². The van der Waals surface area contributed by atoms with Gasteiger partial charge in [0.15, 0.2) is 0 Å². The van der Waals surface area contributed by atoms with Gasteiger partial charge in [-0.1, -0.05) is 0 Å². The molecule has 0 aliphatic rings. The molecular weight excluding hydrogens is 449 g/mol. The first-order valence-corrected chi connectivity index (χ1v) is 11.0. The summed E-state index contributed by atoms with van der Waals surface area (Å²) in [4.78, 5) is 0. The summed E-state index contributed by atoms with van der Waals surface area (Å²) in [5.41, 5.74) is 0. The summed E-state index contributed by atoms with van der Waals surface area (Å²) in [5, 5.41) is 0. The van der Waals surface area contributed by atoms with Gasteiger partial charge in [0.25, 0.3) is 0 Å². The van der Waals surface area contributed by atoms with Gasteiger partial charge in [0.05, 0.1) is 0 Å². The van der Waals surface area contributed by atoms with Crippen molar-refractivity contribution in [2.75, 3.05) is 59.5 Å². The Morgan fingerprint density at radius 1 is 0.526 bits per heavy atom. The van der Waals surface area contributed by atoms with E-state index in [9.17, 15) is 0 Å². The molecule has 0 bridgehead atoms. The molecule has 0 amide bonds. The van der Waals surface area contributed by atoms with Crippen LogP contribution in [0.1, 0.15) is 20.8 Å². The molecule has 0 N–H and O–H groups in total. The standard InChI is InChI=1S/3C4H9O2.Bi/c3*1-2-6-4-3-5;/h3*2-4H2,1H3;/q3*-1;+3. The van der Waals surface area contributed by atoms with Crippen molar-refractivity contribution in [2.45, 2.75) is 20.8 Å². The molecule has 0 aromatic rings. The Morgan fingerprint density at radius 3 is 1.11 bits per heavy atom. The summed E-state index contributed by atoms with van der Waals surface area (Å²) in [7, 11) is 0. The fourth-order valence-electron chi connectivity index (χ4n) is 1.06. The van der Waals surface area contributed by atoms with Crippen LogP contribution in [0.15, 0.2) is 0 Å². The molecule has 116 valence electrons. The Labute approximate surface area is 126 Å². The average Bonchev–Trinajstić information content (AvgIpc) is 2.43. The van der Waals surface area contributed by atoms with E-state index in [0.29, 0.717) is 59.5 Å². The molecule has 0 aliphatic carbocycles. The van der Waals surface area contributed by atoms with E-state index in [-0.39, 0.29) is 0 Å². The normalized spacial score (nSPS) is 11.4. The predicted molar refractivity (Wildman–Crippen MR) is 73.1 cm³/mol. The molecule has 19 heavy (non-hydrogen) atoms. The molecule has 0 saturated carbocycles. The molecule has 0 rings (SSSR count). The SMILES string of the molecule is CCOCC[O][Bi]([O]CCOCC)[O]CCOCC. The van der Waals surface area contributed by atoms with Crippen LogP contribution in [0.25, 0.3) is 0 Å². The molecule has 0 atom stereocenters. The van der Waals surface area contributed by atoms with Gasteiger partial charge >= 0.3 is 126 Å². The van der Waals surface area contributed by atoms with Crippen LogP contribution in [0, 0.1) is 0 Å². The van der Waals surface area contributed by atoms with Crippen molar-refractivity contribution in [2.24, 2.45) is 0 Å². The van der Waals surface area contributed by atoms with Gasteiger partial charge in [0, 0.05) is 0 Å². The summed E-state index contributed by atoms with van der Waals surface area (Å²) in [6, 6.07) is 0. The van der Waals surface area contributed by atoms with Crippen molar-refractivity contribution >= 4 is 23.1 Å². The average molecular weight is 476 g/mol. The van der Waals surface area contributed by atoms with E-state index in [2.05, 4.69) is 0 Å². The van der Waals surface area contributed by atoms with Crippen molar-refractivity contribution in [3.63, 3.8) is 0 Å². The van der Waals surface area contributed by atoms with Crippen LogP contribution in [0.2, 0.25) is 0 Å². The first-order valence-electron chi connectivity index (χ1n) is 6.77. The fourth-order valence-corrected chi connectivity index (χ4v) is 4.53. The van der Waals surface area contributed by atoms with Crippen molar-refractivity contribution < 1.29 is 22.7 Å². The Bertz CT molecular complexity index is 144. The quantitative estimate of drug-likeness (QED) is 0.261. The molecule has 0 saturated heterocycles. The van der Waals surface area contributed by atoms with Crippen molar-refractivity contribution in [1.82, 2.24) is 0 Å². The third-order valence-electron chi connectivity index (χ3n) is 1.89. The zero-order valence-electron chi connectivity index (χ0n) is 12.3. The van der Waals surface area contributed by atoms with Gasteiger partial charge in [-0.2, -0.15) is 0 Å². The maximum absolute atomic E-state index is 5.63. The summed E-state index contributed by atoms with van der Waals surface area (Å²) in [5.74, 6) is 0. The van der Waals surface area contributed by atoms with Gasteiger partial charge in [-0.15, -0.1) is 0 Å². The van der Waals surface area contributed by atoms with Gasteiger partial charge < -0.3 is 0 Å².